The zero-order chi connectivity index (χ0) is 23.3. The average Bonchev–Trinajstić information content (AvgIpc) is 3.45. The molecule has 0 bridgehead atoms. The molecule has 3 fully saturated rings. The highest BCUT2D eigenvalue weighted by Gasteiger charge is 2.44. The highest BCUT2D eigenvalue weighted by molar-refractivity contribution is 6.22. The maximum Gasteiger partial charge on any atom is 0.258 e. The third-order valence-electron chi connectivity index (χ3n) is 7.17. The van der Waals surface area contributed by atoms with E-state index in [1.54, 1.807) is 15.9 Å². The number of rotatable bonds is 3. The fraction of sp³-hybridized carbons (Fsp3) is 0.478. The van der Waals surface area contributed by atoms with Crippen molar-refractivity contribution in [1.29, 1.82) is 0 Å². The van der Waals surface area contributed by atoms with Crippen molar-refractivity contribution >= 4 is 35.4 Å². The van der Waals surface area contributed by atoms with Crippen LogP contribution in [0.25, 0.3) is 0 Å². The van der Waals surface area contributed by atoms with Crippen molar-refractivity contribution in [2.75, 3.05) is 32.7 Å². The molecule has 4 aliphatic rings. The van der Waals surface area contributed by atoms with Gasteiger partial charge in [-0.1, -0.05) is 0 Å². The second-order valence-corrected chi connectivity index (χ2v) is 9.31. The molecule has 0 aliphatic carbocycles. The van der Waals surface area contributed by atoms with Crippen LogP contribution in [0.1, 0.15) is 63.2 Å². The molecular formula is C23H24N4O6. The Morgan fingerprint density at radius 3 is 2.33 bits per heavy atom. The predicted octanol–water partition coefficient (Wildman–Crippen LogP) is 0.174. The summed E-state index contributed by atoms with van der Waals surface area (Å²) in [5.41, 5.74) is 0.604. The molecule has 1 unspecified atom stereocenters. The first-order valence-corrected chi connectivity index (χ1v) is 11.2. The number of hydrogen-bond donors (Lipinski definition) is 1. The quantitative estimate of drug-likeness (QED) is 0.652. The summed E-state index contributed by atoms with van der Waals surface area (Å²) in [4.78, 5) is 77.8. The summed E-state index contributed by atoms with van der Waals surface area (Å²) in [6, 6.07) is 4.53. The van der Waals surface area contributed by atoms with Crippen LogP contribution in [0.4, 0.5) is 0 Å². The Balaban J connectivity index is 1.26. The first kappa shape index (κ1) is 21.3. The monoisotopic (exact) mass is 452 g/mol. The van der Waals surface area contributed by atoms with Crippen molar-refractivity contribution in [1.82, 2.24) is 20.0 Å². The zero-order valence-electron chi connectivity index (χ0n) is 18.1. The minimum absolute atomic E-state index is 0.158. The van der Waals surface area contributed by atoms with E-state index in [1.807, 2.05) is 0 Å². The fourth-order valence-electron chi connectivity index (χ4n) is 5.38. The summed E-state index contributed by atoms with van der Waals surface area (Å²) in [6.07, 6.45) is 2.73. The molecule has 6 amide bonds. The van der Waals surface area contributed by atoms with Gasteiger partial charge < -0.3 is 9.80 Å². The van der Waals surface area contributed by atoms with Gasteiger partial charge in [-0.3, -0.25) is 39.0 Å². The van der Waals surface area contributed by atoms with Crippen molar-refractivity contribution < 1.29 is 28.8 Å². The highest BCUT2D eigenvalue weighted by atomic mass is 16.2. The maximum atomic E-state index is 13.2. The molecule has 172 valence electrons. The first-order chi connectivity index (χ1) is 15.8. The largest absolute Gasteiger partial charge is 0.340 e. The van der Waals surface area contributed by atoms with E-state index >= 15 is 0 Å². The van der Waals surface area contributed by atoms with Gasteiger partial charge >= 0.3 is 0 Å². The van der Waals surface area contributed by atoms with Crippen LogP contribution in [-0.2, 0) is 14.4 Å². The molecule has 1 aromatic carbocycles. The van der Waals surface area contributed by atoms with E-state index in [-0.39, 0.29) is 59.6 Å². The van der Waals surface area contributed by atoms with E-state index in [9.17, 15) is 28.8 Å². The van der Waals surface area contributed by atoms with Crippen molar-refractivity contribution in [3.05, 3.63) is 34.9 Å². The number of carbonyl (C=O) groups excluding carboxylic acids is 6. The molecule has 5 rings (SSSR count). The van der Waals surface area contributed by atoms with Crippen molar-refractivity contribution in [2.24, 2.45) is 5.41 Å². The molecule has 1 spiro atoms. The number of fused-ring (bicyclic) bond motifs is 1. The number of benzene rings is 1. The number of likely N-dealkylation sites (tertiary alicyclic amines) is 3. The summed E-state index contributed by atoms with van der Waals surface area (Å²) in [5.74, 6) is -2.02. The second kappa shape index (κ2) is 7.79. The lowest BCUT2D eigenvalue weighted by Crippen LogP contribution is -2.48. The van der Waals surface area contributed by atoms with E-state index in [0.29, 0.717) is 31.7 Å². The average molecular weight is 452 g/mol. The third-order valence-corrected chi connectivity index (χ3v) is 7.17. The lowest BCUT2D eigenvalue weighted by Gasteiger charge is -2.40. The molecule has 0 saturated carbocycles. The fourth-order valence-corrected chi connectivity index (χ4v) is 5.38. The van der Waals surface area contributed by atoms with E-state index in [4.69, 9.17) is 0 Å². The predicted molar refractivity (Wildman–Crippen MR) is 113 cm³/mol. The Hall–Kier alpha value is -3.56. The van der Waals surface area contributed by atoms with Gasteiger partial charge in [-0.25, -0.2) is 0 Å². The molecule has 33 heavy (non-hydrogen) atoms. The third kappa shape index (κ3) is 3.69. The molecule has 1 N–H and O–H groups in total. The standard InChI is InChI=1S/C23H24N4O6/c28-17-4-5-18(29)27(17)11-19(30)25-9-7-23(12-25)6-1-8-26(13-23)22(33)14-2-3-15-16(10-14)21(32)24-20(15)31/h2-3,10H,1,4-9,11-13H2,(H,24,31,32). The summed E-state index contributed by atoms with van der Waals surface area (Å²) < 4.78 is 0. The summed E-state index contributed by atoms with van der Waals surface area (Å²) in [5, 5.41) is 2.23. The molecule has 10 heteroatoms. The zero-order valence-corrected chi connectivity index (χ0v) is 18.1. The molecule has 3 saturated heterocycles. The van der Waals surface area contributed by atoms with Gasteiger partial charge in [-0.15, -0.1) is 0 Å². The molecule has 1 aromatic rings. The Kier molecular flexibility index (Phi) is 5.02. The van der Waals surface area contributed by atoms with Gasteiger partial charge in [0.2, 0.25) is 17.7 Å². The molecule has 0 radical (unpaired) electrons. The smallest absolute Gasteiger partial charge is 0.258 e. The van der Waals surface area contributed by atoms with E-state index in [1.165, 1.54) is 12.1 Å². The Labute approximate surface area is 189 Å². The maximum absolute atomic E-state index is 13.2. The SMILES string of the molecule is O=C1NC(=O)c2cc(C(=O)N3CCCC4(CCN(C(=O)CN5C(=O)CCC5=O)C4)C3)ccc21. The number of carbonyl (C=O) groups is 6. The van der Waals surface area contributed by atoms with Crippen LogP contribution in [0, 0.1) is 5.41 Å². The van der Waals surface area contributed by atoms with Crippen molar-refractivity contribution in [3.63, 3.8) is 0 Å². The second-order valence-electron chi connectivity index (χ2n) is 9.31. The van der Waals surface area contributed by atoms with Crippen LogP contribution in [0.2, 0.25) is 0 Å². The Bertz CT molecular complexity index is 1100. The van der Waals surface area contributed by atoms with Gasteiger partial charge in [0.15, 0.2) is 0 Å². The van der Waals surface area contributed by atoms with E-state index in [0.717, 1.165) is 24.2 Å². The van der Waals surface area contributed by atoms with Gasteiger partial charge in [0.05, 0.1) is 11.1 Å². The van der Waals surface area contributed by atoms with Crippen LogP contribution in [0.3, 0.4) is 0 Å². The topological polar surface area (TPSA) is 124 Å². The van der Waals surface area contributed by atoms with Crippen molar-refractivity contribution in [3.8, 4) is 0 Å². The van der Waals surface area contributed by atoms with Crippen LogP contribution in [0.5, 0.6) is 0 Å². The van der Waals surface area contributed by atoms with Crippen LogP contribution < -0.4 is 5.32 Å². The molecule has 10 nitrogen and oxygen atoms in total. The van der Waals surface area contributed by atoms with Gasteiger partial charge in [0.25, 0.3) is 17.7 Å². The normalized spacial score (nSPS) is 24.7. The van der Waals surface area contributed by atoms with Crippen LogP contribution in [-0.4, -0.2) is 82.9 Å². The van der Waals surface area contributed by atoms with Gasteiger partial charge in [-0.2, -0.15) is 0 Å². The summed E-state index contributed by atoms with van der Waals surface area (Å²) >= 11 is 0. The minimum atomic E-state index is -0.500. The molecule has 4 aliphatic heterocycles. The highest BCUT2D eigenvalue weighted by Crippen LogP contribution is 2.39. The summed E-state index contributed by atoms with van der Waals surface area (Å²) in [6.45, 7) is 1.85. The minimum Gasteiger partial charge on any atom is -0.340 e. The molecule has 4 heterocycles. The number of amides is 6. The lowest BCUT2D eigenvalue weighted by atomic mass is 9.79. The van der Waals surface area contributed by atoms with Crippen LogP contribution in [0.15, 0.2) is 18.2 Å². The van der Waals surface area contributed by atoms with Crippen LogP contribution >= 0.6 is 0 Å². The Morgan fingerprint density at radius 1 is 0.879 bits per heavy atom. The summed E-state index contributed by atoms with van der Waals surface area (Å²) in [7, 11) is 0. The van der Waals surface area contributed by atoms with Crippen molar-refractivity contribution in [2.45, 2.75) is 32.1 Å². The van der Waals surface area contributed by atoms with Gasteiger partial charge in [0.1, 0.15) is 6.54 Å². The van der Waals surface area contributed by atoms with Gasteiger partial charge in [0, 0.05) is 50.0 Å². The van der Waals surface area contributed by atoms with E-state index < -0.39 is 11.8 Å². The lowest BCUT2D eigenvalue weighted by molar-refractivity contribution is -0.145. The van der Waals surface area contributed by atoms with E-state index in [2.05, 4.69) is 5.32 Å². The molecule has 0 aromatic heterocycles. The number of nitrogens with zero attached hydrogens (tertiary/aromatic N) is 3. The molecule has 1 atom stereocenters. The number of nitrogens with one attached hydrogen (secondary N) is 1. The molecular weight excluding hydrogens is 428 g/mol. The number of hydrogen-bond acceptors (Lipinski definition) is 6. The number of imide groups is 2. The Morgan fingerprint density at radius 2 is 1.58 bits per heavy atom. The van der Waals surface area contributed by atoms with Gasteiger partial charge in [-0.05, 0) is 37.5 Å². The number of piperidine rings is 1. The first-order valence-electron chi connectivity index (χ1n) is 11.2.